The molecule has 1 unspecified atom stereocenters. The predicted octanol–water partition coefficient (Wildman–Crippen LogP) is 1.13. The third kappa shape index (κ3) is 2.36. The van der Waals surface area contributed by atoms with Gasteiger partial charge in [-0.2, -0.15) is 0 Å². The Morgan fingerprint density at radius 2 is 2.17 bits per heavy atom. The lowest BCUT2D eigenvalue weighted by molar-refractivity contribution is -0.148. The van der Waals surface area contributed by atoms with Crippen molar-refractivity contribution in [3.05, 3.63) is 0 Å². The molecular formula is C13H21NO4. The molecule has 1 saturated carbocycles. The van der Waals surface area contributed by atoms with Crippen molar-refractivity contribution in [2.45, 2.75) is 32.1 Å². The summed E-state index contributed by atoms with van der Waals surface area (Å²) < 4.78 is 5.08. The van der Waals surface area contributed by atoms with E-state index in [-0.39, 0.29) is 17.2 Å². The summed E-state index contributed by atoms with van der Waals surface area (Å²) in [5, 5.41) is 8.97. The van der Waals surface area contributed by atoms with Crippen LogP contribution in [-0.4, -0.2) is 48.7 Å². The minimum absolute atomic E-state index is 0.148. The number of hydrogen-bond donors (Lipinski definition) is 1. The molecule has 0 aromatic carbocycles. The van der Waals surface area contributed by atoms with Crippen LogP contribution in [0.5, 0.6) is 0 Å². The molecule has 0 radical (unpaired) electrons. The van der Waals surface area contributed by atoms with Crippen LogP contribution in [0.25, 0.3) is 0 Å². The number of rotatable bonds is 5. The van der Waals surface area contributed by atoms with Gasteiger partial charge in [-0.3, -0.25) is 9.59 Å². The average Bonchev–Trinajstić information content (AvgIpc) is 2.76. The van der Waals surface area contributed by atoms with Crippen molar-refractivity contribution in [1.29, 1.82) is 0 Å². The second-order valence-electron chi connectivity index (χ2n) is 5.45. The second-order valence-corrected chi connectivity index (χ2v) is 5.45. The number of carboxylic acids is 1. The fraction of sp³-hybridized carbons (Fsp3) is 0.846. The van der Waals surface area contributed by atoms with Crippen LogP contribution in [0, 0.1) is 11.3 Å². The van der Waals surface area contributed by atoms with Gasteiger partial charge >= 0.3 is 5.97 Å². The number of carbonyl (C=O) groups excluding carboxylic acids is 1. The molecule has 2 fully saturated rings. The predicted molar refractivity (Wildman–Crippen MR) is 65.1 cm³/mol. The summed E-state index contributed by atoms with van der Waals surface area (Å²) in [4.78, 5) is 25.2. The van der Waals surface area contributed by atoms with Gasteiger partial charge in [0.15, 0.2) is 0 Å². The summed E-state index contributed by atoms with van der Waals surface area (Å²) in [5.41, 5.74) is -0.261. The van der Waals surface area contributed by atoms with Crippen molar-refractivity contribution in [2.24, 2.45) is 11.3 Å². The number of amides is 1. The van der Waals surface area contributed by atoms with Crippen LogP contribution >= 0.6 is 0 Å². The smallest absolute Gasteiger partial charge is 0.308 e. The molecule has 1 heterocycles. The molecule has 0 bridgehead atoms. The van der Waals surface area contributed by atoms with Gasteiger partial charge in [0.25, 0.3) is 0 Å². The van der Waals surface area contributed by atoms with Gasteiger partial charge in [-0.05, 0) is 25.7 Å². The Balaban J connectivity index is 1.96. The van der Waals surface area contributed by atoms with E-state index in [1.165, 1.54) is 0 Å². The molecule has 2 aliphatic rings. The lowest BCUT2D eigenvalue weighted by atomic mass is 9.66. The van der Waals surface area contributed by atoms with Crippen LogP contribution in [0.4, 0.5) is 0 Å². The van der Waals surface area contributed by atoms with Gasteiger partial charge in [0.2, 0.25) is 5.91 Å². The highest BCUT2D eigenvalue weighted by Crippen LogP contribution is 2.46. The van der Waals surface area contributed by atoms with E-state index in [2.05, 4.69) is 0 Å². The first-order valence-electron chi connectivity index (χ1n) is 6.60. The second kappa shape index (κ2) is 5.26. The first-order valence-corrected chi connectivity index (χ1v) is 6.60. The summed E-state index contributed by atoms with van der Waals surface area (Å²) in [5.74, 6) is -1.02. The van der Waals surface area contributed by atoms with E-state index in [0.717, 1.165) is 25.7 Å². The summed E-state index contributed by atoms with van der Waals surface area (Å²) >= 11 is 0. The largest absolute Gasteiger partial charge is 0.481 e. The molecule has 1 N–H and O–H groups in total. The summed E-state index contributed by atoms with van der Waals surface area (Å²) in [6, 6.07) is 0. The molecule has 1 aliphatic heterocycles. The third-order valence-electron chi connectivity index (χ3n) is 4.37. The molecule has 1 amide bonds. The maximum atomic E-state index is 12.5. The van der Waals surface area contributed by atoms with Crippen LogP contribution in [-0.2, 0) is 14.3 Å². The number of aliphatic carboxylic acids is 1. The van der Waals surface area contributed by atoms with Crippen molar-refractivity contribution >= 4 is 11.9 Å². The number of methoxy groups -OCH3 is 1. The number of hydrogen-bond acceptors (Lipinski definition) is 3. The highest BCUT2D eigenvalue weighted by atomic mass is 16.5. The Morgan fingerprint density at radius 3 is 2.61 bits per heavy atom. The average molecular weight is 255 g/mol. The van der Waals surface area contributed by atoms with Gasteiger partial charge in [-0.15, -0.1) is 0 Å². The Hall–Kier alpha value is -1.10. The molecule has 1 saturated heterocycles. The van der Waals surface area contributed by atoms with Gasteiger partial charge in [0, 0.05) is 26.8 Å². The van der Waals surface area contributed by atoms with E-state index in [0.29, 0.717) is 26.1 Å². The van der Waals surface area contributed by atoms with Gasteiger partial charge < -0.3 is 14.7 Å². The van der Waals surface area contributed by atoms with Crippen molar-refractivity contribution < 1.29 is 19.4 Å². The van der Waals surface area contributed by atoms with Crippen LogP contribution < -0.4 is 0 Å². The maximum absolute atomic E-state index is 12.5. The molecule has 18 heavy (non-hydrogen) atoms. The lowest BCUT2D eigenvalue weighted by Gasteiger charge is -2.42. The van der Waals surface area contributed by atoms with E-state index in [1.807, 2.05) is 0 Å². The summed E-state index contributed by atoms with van der Waals surface area (Å²) in [6.07, 6.45) is 4.27. The normalized spacial score (nSPS) is 25.8. The molecule has 0 aromatic heterocycles. The van der Waals surface area contributed by atoms with Gasteiger partial charge in [0.05, 0.1) is 11.3 Å². The summed E-state index contributed by atoms with van der Waals surface area (Å²) in [7, 11) is 1.65. The van der Waals surface area contributed by atoms with Gasteiger partial charge in [-0.25, -0.2) is 0 Å². The topological polar surface area (TPSA) is 66.8 Å². The minimum Gasteiger partial charge on any atom is -0.481 e. The Bertz CT molecular complexity index is 338. The van der Waals surface area contributed by atoms with Crippen LogP contribution in [0.15, 0.2) is 0 Å². The van der Waals surface area contributed by atoms with Crippen LogP contribution in [0.3, 0.4) is 0 Å². The lowest BCUT2D eigenvalue weighted by Crippen LogP contribution is -2.47. The molecule has 5 nitrogen and oxygen atoms in total. The Kier molecular flexibility index (Phi) is 3.90. The summed E-state index contributed by atoms with van der Waals surface area (Å²) in [6.45, 7) is 1.56. The molecule has 1 atom stereocenters. The minimum atomic E-state index is -0.787. The van der Waals surface area contributed by atoms with Crippen LogP contribution in [0.2, 0.25) is 0 Å². The highest BCUT2D eigenvalue weighted by Gasteiger charge is 2.47. The quantitative estimate of drug-likeness (QED) is 0.799. The first kappa shape index (κ1) is 13.3. The number of carboxylic acid groups (broad SMARTS) is 1. The van der Waals surface area contributed by atoms with Gasteiger partial charge in [0.1, 0.15) is 0 Å². The van der Waals surface area contributed by atoms with Crippen molar-refractivity contribution in [3.63, 3.8) is 0 Å². The monoisotopic (exact) mass is 255 g/mol. The van der Waals surface area contributed by atoms with Crippen LogP contribution in [0.1, 0.15) is 32.1 Å². The number of likely N-dealkylation sites (tertiary alicyclic amines) is 1. The first-order chi connectivity index (χ1) is 8.59. The standard InChI is InChI=1S/C13H21NO4/c1-18-8-6-13(4-2-5-13)12(17)14-7-3-10(9-14)11(15)16/h10H,2-9H2,1H3,(H,15,16). The molecule has 2 rings (SSSR count). The molecule has 1 aliphatic carbocycles. The zero-order chi connectivity index (χ0) is 13.2. The molecule has 0 aromatic rings. The van der Waals surface area contributed by atoms with Crippen molar-refractivity contribution in [2.75, 3.05) is 26.8 Å². The van der Waals surface area contributed by atoms with Crippen molar-refractivity contribution in [3.8, 4) is 0 Å². The Labute approximate surface area is 107 Å². The van der Waals surface area contributed by atoms with E-state index in [4.69, 9.17) is 9.84 Å². The zero-order valence-electron chi connectivity index (χ0n) is 10.9. The van der Waals surface area contributed by atoms with E-state index < -0.39 is 5.97 Å². The number of carbonyl (C=O) groups is 2. The third-order valence-corrected chi connectivity index (χ3v) is 4.37. The fourth-order valence-electron chi connectivity index (χ4n) is 2.95. The van der Waals surface area contributed by atoms with Gasteiger partial charge in [-0.1, -0.05) is 6.42 Å². The molecule has 5 heteroatoms. The number of nitrogens with zero attached hydrogens (tertiary/aromatic N) is 1. The highest BCUT2D eigenvalue weighted by molar-refractivity contribution is 5.85. The number of ether oxygens (including phenoxy) is 1. The Morgan fingerprint density at radius 1 is 1.44 bits per heavy atom. The SMILES string of the molecule is COCCC1(C(=O)N2CCC(C(=O)O)C2)CCC1. The molecule has 102 valence electrons. The fourth-order valence-corrected chi connectivity index (χ4v) is 2.95. The zero-order valence-corrected chi connectivity index (χ0v) is 10.9. The van der Waals surface area contributed by atoms with E-state index in [1.54, 1.807) is 12.0 Å². The molecule has 0 spiro atoms. The molecular weight excluding hydrogens is 234 g/mol. The maximum Gasteiger partial charge on any atom is 0.308 e. The van der Waals surface area contributed by atoms with E-state index >= 15 is 0 Å². The van der Waals surface area contributed by atoms with Crippen molar-refractivity contribution in [1.82, 2.24) is 4.90 Å². The van der Waals surface area contributed by atoms with E-state index in [9.17, 15) is 9.59 Å².